The van der Waals surface area contributed by atoms with E-state index in [1.165, 1.54) is 34.6 Å². The van der Waals surface area contributed by atoms with E-state index < -0.39 is 12.2 Å². The smallest absolute Gasteiger partial charge is 0.387 e. The Morgan fingerprint density at radius 2 is 1.90 bits per heavy atom. The number of benzene rings is 2. The van der Waals surface area contributed by atoms with Gasteiger partial charge in [-0.05, 0) is 54.8 Å². The predicted octanol–water partition coefficient (Wildman–Crippen LogP) is 4.28. The zero-order valence-electron chi connectivity index (χ0n) is 16.6. The fourth-order valence-corrected chi connectivity index (χ4v) is 3.99. The fourth-order valence-electron chi connectivity index (χ4n) is 3.14. The monoisotopic (exact) mass is 444 g/mol. The Hall–Kier alpha value is -3.40. The third-order valence-corrected chi connectivity index (χ3v) is 5.87. The van der Waals surface area contributed by atoms with Crippen LogP contribution in [0, 0.1) is 13.8 Å². The molecule has 2 heterocycles. The first-order chi connectivity index (χ1) is 14.8. The third kappa shape index (κ3) is 4.24. The highest BCUT2D eigenvalue weighted by Gasteiger charge is 2.15. The summed E-state index contributed by atoms with van der Waals surface area (Å²) >= 11 is 1.32. The molecule has 0 unspecified atom stereocenters. The largest absolute Gasteiger partial charge is 0.435 e. The van der Waals surface area contributed by atoms with Gasteiger partial charge in [-0.15, -0.1) is 10.2 Å². The van der Waals surface area contributed by atoms with Gasteiger partial charge in [0.15, 0.2) is 5.82 Å². The number of thioether (sulfide) groups is 1. The predicted molar refractivity (Wildman–Crippen MR) is 114 cm³/mol. The number of nitrogen functional groups attached to an aromatic ring is 1. The maximum atomic E-state index is 12.3. The maximum absolute atomic E-state index is 12.3. The van der Waals surface area contributed by atoms with E-state index in [-0.39, 0.29) is 5.75 Å². The van der Waals surface area contributed by atoms with Crippen LogP contribution in [0.3, 0.4) is 0 Å². The summed E-state index contributed by atoms with van der Waals surface area (Å²) in [5, 5.41) is 9.50. The third-order valence-electron chi connectivity index (χ3n) is 4.88. The van der Waals surface area contributed by atoms with E-state index in [9.17, 15) is 13.6 Å². The molecule has 2 aromatic carbocycles. The zero-order chi connectivity index (χ0) is 22.1. The Kier molecular flexibility index (Phi) is 5.64. The van der Waals surface area contributed by atoms with Crippen LogP contribution in [0.1, 0.15) is 16.7 Å². The van der Waals surface area contributed by atoms with Gasteiger partial charge in [-0.25, -0.2) is 9.47 Å². The molecule has 0 fully saturated rings. The van der Waals surface area contributed by atoms with Crippen LogP contribution < -0.4 is 16.2 Å². The lowest BCUT2D eigenvalue weighted by Gasteiger charge is -2.09. The van der Waals surface area contributed by atoms with E-state index in [1.807, 2.05) is 26.0 Å². The van der Waals surface area contributed by atoms with Gasteiger partial charge in [0, 0.05) is 22.8 Å². The summed E-state index contributed by atoms with van der Waals surface area (Å²) in [4.78, 5) is 12.0. The molecule has 2 N–H and O–H groups in total. The van der Waals surface area contributed by atoms with Crippen LogP contribution in [-0.4, -0.2) is 21.5 Å². The van der Waals surface area contributed by atoms with Gasteiger partial charge in [-0.1, -0.05) is 23.9 Å². The minimum atomic E-state index is -2.89. The highest BCUT2D eigenvalue weighted by Crippen LogP contribution is 2.29. The molecular formula is C21H18F2N4O3S. The Balaban J connectivity index is 1.58. The first-order valence-corrected chi connectivity index (χ1v) is 10.2. The molecule has 31 heavy (non-hydrogen) atoms. The topological polar surface area (TPSA) is 96.2 Å². The fraction of sp³-hybridized carbons (Fsp3) is 0.190. The van der Waals surface area contributed by atoms with E-state index in [0.717, 1.165) is 22.1 Å². The molecule has 4 rings (SSSR count). The van der Waals surface area contributed by atoms with Crippen molar-refractivity contribution in [3.8, 4) is 17.1 Å². The van der Waals surface area contributed by atoms with Crippen LogP contribution in [0.2, 0.25) is 0 Å². The number of aryl methyl sites for hydroxylation is 2. The van der Waals surface area contributed by atoms with Gasteiger partial charge in [0.1, 0.15) is 11.3 Å². The average Bonchev–Trinajstić information content (AvgIpc) is 3.10. The Morgan fingerprint density at radius 3 is 2.61 bits per heavy atom. The van der Waals surface area contributed by atoms with Gasteiger partial charge in [0.25, 0.3) is 0 Å². The van der Waals surface area contributed by atoms with E-state index in [2.05, 4.69) is 14.9 Å². The average molecular weight is 444 g/mol. The summed E-state index contributed by atoms with van der Waals surface area (Å²) < 4.78 is 35.7. The Bertz CT molecular complexity index is 1300. The molecular weight excluding hydrogens is 426 g/mol. The standard InChI is InChI=1S/C21H18F2N4O3S/c1-11-3-8-16-14(9-17(28)30-18(16)12(11)2)10-31-21-26-25-19(27(21)24)13-4-6-15(7-5-13)29-20(22)23/h3-9,20H,10,24H2,1-2H3. The van der Waals surface area contributed by atoms with Crippen molar-refractivity contribution < 1.29 is 17.9 Å². The minimum Gasteiger partial charge on any atom is -0.435 e. The van der Waals surface area contributed by atoms with Gasteiger partial charge in [0.2, 0.25) is 5.16 Å². The van der Waals surface area contributed by atoms with E-state index in [1.54, 1.807) is 12.1 Å². The summed E-state index contributed by atoms with van der Waals surface area (Å²) in [6.07, 6.45) is 0. The number of rotatable bonds is 6. The van der Waals surface area contributed by atoms with E-state index in [0.29, 0.717) is 27.9 Å². The van der Waals surface area contributed by atoms with Crippen molar-refractivity contribution in [1.29, 1.82) is 0 Å². The summed E-state index contributed by atoms with van der Waals surface area (Å²) in [7, 11) is 0. The minimum absolute atomic E-state index is 0.0387. The maximum Gasteiger partial charge on any atom is 0.387 e. The lowest BCUT2D eigenvalue weighted by molar-refractivity contribution is -0.0498. The van der Waals surface area contributed by atoms with Crippen LogP contribution >= 0.6 is 11.8 Å². The molecule has 0 aliphatic carbocycles. The molecule has 4 aromatic rings. The molecule has 7 nitrogen and oxygen atoms in total. The van der Waals surface area contributed by atoms with Gasteiger partial charge < -0.3 is 15.0 Å². The van der Waals surface area contributed by atoms with Crippen LogP contribution in [0.4, 0.5) is 8.78 Å². The number of hydrogen-bond acceptors (Lipinski definition) is 7. The highest BCUT2D eigenvalue weighted by molar-refractivity contribution is 7.98. The second-order valence-corrected chi connectivity index (χ2v) is 7.79. The van der Waals surface area contributed by atoms with Crippen LogP contribution in [-0.2, 0) is 5.75 Å². The molecule has 0 saturated carbocycles. The number of fused-ring (bicyclic) bond motifs is 1. The Morgan fingerprint density at radius 1 is 1.16 bits per heavy atom. The van der Waals surface area contributed by atoms with Gasteiger partial charge >= 0.3 is 12.2 Å². The zero-order valence-corrected chi connectivity index (χ0v) is 17.5. The lowest BCUT2D eigenvalue weighted by Crippen LogP contribution is -2.11. The van der Waals surface area contributed by atoms with Crippen LogP contribution in [0.5, 0.6) is 5.75 Å². The van der Waals surface area contributed by atoms with Gasteiger partial charge in [-0.2, -0.15) is 8.78 Å². The number of hydrogen-bond donors (Lipinski definition) is 1. The highest BCUT2D eigenvalue weighted by atomic mass is 32.2. The summed E-state index contributed by atoms with van der Waals surface area (Å²) in [5.41, 5.74) is 3.52. The number of nitrogens with two attached hydrogens (primary N) is 1. The molecule has 0 aliphatic heterocycles. The number of halogens is 2. The van der Waals surface area contributed by atoms with Crippen molar-refractivity contribution in [3.05, 3.63) is 69.6 Å². The second-order valence-electron chi connectivity index (χ2n) is 6.84. The summed E-state index contributed by atoms with van der Waals surface area (Å²) in [6.45, 7) is 0.981. The Labute approximate surface area is 179 Å². The summed E-state index contributed by atoms with van der Waals surface area (Å²) in [6, 6.07) is 11.3. The molecule has 0 spiro atoms. The van der Waals surface area contributed by atoms with E-state index in [4.69, 9.17) is 10.3 Å². The van der Waals surface area contributed by atoms with Crippen LogP contribution in [0.15, 0.2) is 56.8 Å². The molecule has 0 bridgehead atoms. The van der Waals surface area contributed by atoms with Gasteiger partial charge in [0.05, 0.1) is 0 Å². The van der Waals surface area contributed by atoms with Crippen LogP contribution in [0.25, 0.3) is 22.4 Å². The van der Waals surface area contributed by atoms with Crippen molar-refractivity contribution in [2.45, 2.75) is 31.4 Å². The molecule has 0 amide bonds. The van der Waals surface area contributed by atoms with Gasteiger partial charge in [-0.3, -0.25) is 0 Å². The van der Waals surface area contributed by atoms with E-state index >= 15 is 0 Å². The van der Waals surface area contributed by atoms with Crippen molar-refractivity contribution in [2.75, 3.05) is 5.84 Å². The van der Waals surface area contributed by atoms with Crippen molar-refractivity contribution >= 4 is 22.7 Å². The first kappa shape index (κ1) is 20.9. The molecule has 0 aliphatic rings. The molecule has 0 radical (unpaired) electrons. The normalized spacial score (nSPS) is 11.4. The number of alkyl halides is 2. The first-order valence-electron chi connectivity index (χ1n) is 9.25. The van der Waals surface area contributed by atoms with Crippen molar-refractivity contribution in [2.24, 2.45) is 0 Å². The molecule has 0 atom stereocenters. The molecule has 160 valence electrons. The van der Waals surface area contributed by atoms with Crippen molar-refractivity contribution in [1.82, 2.24) is 14.9 Å². The SMILES string of the molecule is Cc1ccc2c(CSc3nnc(-c4ccc(OC(F)F)cc4)n3N)cc(=O)oc2c1C. The molecule has 2 aromatic heterocycles. The molecule has 10 heteroatoms. The quantitative estimate of drug-likeness (QED) is 0.269. The van der Waals surface area contributed by atoms with Crippen molar-refractivity contribution in [3.63, 3.8) is 0 Å². The summed E-state index contributed by atoms with van der Waals surface area (Å²) in [5.74, 6) is 6.98. The number of nitrogens with zero attached hydrogens (tertiary/aromatic N) is 3. The molecule has 0 saturated heterocycles. The second kappa shape index (κ2) is 8.38. The number of aromatic nitrogens is 3. The lowest BCUT2D eigenvalue weighted by atomic mass is 10.0. The number of ether oxygens (including phenoxy) is 1.